The Kier molecular flexibility index (Phi) is 5.22. The van der Waals surface area contributed by atoms with Crippen LogP contribution in [0.15, 0.2) is 65.5 Å². The number of pyridine rings is 1. The van der Waals surface area contributed by atoms with E-state index in [0.717, 1.165) is 5.56 Å². The van der Waals surface area contributed by atoms with Crippen molar-refractivity contribution in [2.24, 2.45) is 0 Å². The molecule has 0 radical (unpaired) electrons. The predicted octanol–water partition coefficient (Wildman–Crippen LogP) is 3.29. The average Bonchev–Trinajstić information content (AvgIpc) is 2.64. The van der Waals surface area contributed by atoms with Gasteiger partial charge in [0.25, 0.3) is 11.5 Å². The molecule has 0 aliphatic carbocycles. The van der Waals surface area contributed by atoms with Gasteiger partial charge in [-0.1, -0.05) is 12.1 Å². The van der Waals surface area contributed by atoms with Gasteiger partial charge in [-0.3, -0.25) is 9.59 Å². The lowest BCUT2D eigenvalue weighted by molar-refractivity contribution is 0.0952. The molecule has 1 aromatic heterocycles. The van der Waals surface area contributed by atoms with E-state index in [1.54, 1.807) is 30.3 Å². The summed E-state index contributed by atoms with van der Waals surface area (Å²) in [5, 5.41) is 2.67. The molecular formula is C20H16F2N2O2. The molecule has 0 bridgehead atoms. The monoisotopic (exact) mass is 354 g/mol. The highest BCUT2D eigenvalue weighted by atomic mass is 19.1. The molecule has 0 fully saturated rings. The lowest BCUT2D eigenvalue weighted by Crippen LogP contribution is -2.31. The first kappa shape index (κ1) is 17.5. The molecule has 1 heterocycles. The van der Waals surface area contributed by atoms with Crippen molar-refractivity contribution < 1.29 is 13.6 Å². The Morgan fingerprint density at radius 1 is 0.885 bits per heavy atom. The fraction of sp³-hybridized carbons (Fsp3) is 0.100. The van der Waals surface area contributed by atoms with Crippen molar-refractivity contribution in [3.05, 3.63) is 93.8 Å². The largest absolute Gasteiger partial charge is 0.352 e. The Hall–Kier alpha value is -3.28. The number of aromatic nitrogens is 1. The van der Waals surface area contributed by atoms with Crippen LogP contribution in [0.5, 0.6) is 0 Å². The van der Waals surface area contributed by atoms with Crippen molar-refractivity contribution in [2.45, 2.75) is 6.42 Å². The van der Waals surface area contributed by atoms with Crippen LogP contribution in [0.1, 0.15) is 15.9 Å². The van der Waals surface area contributed by atoms with Gasteiger partial charge in [0.15, 0.2) is 0 Å². The quantitative estimate of drug-likeness (QED) is 0.739. The molecule has 0 spiro atoms. The minimum absolute atomic E-state index is 0.00466. The zero-order valence-electron chi connectivity index (χ0n) is 13.8. The molecule has 2 aromatic carbocycles. The average molecular weight is 354 g/mol. The molecule has 0 saturated carbocycles. The Bertz CT molecular complexity index is 964. The van der Waals surface area contributed by atoms with E-state index in [2.05, 4.69) is 10.3 Å². The van der Waals surface area contributed by atoms with Gasteiger partial charge >= 0.3 is 0 Å². The molecule has 0 aliphatic rings. The third-order valence-electron chi connectivity index (χ3n) is 3.92. The molecule has 0 aliphatic heterocycles. The molecule has 3 aromatic rings. The van der Waals surface area contributed by atoms with Crippen LogP contribution in [0.2, 0.25) is 0 Å². The lowest BCUT2D eigenvalue weighted by Gasteiger charge is -2.07. The highest BCUT2D eigenvalue weighted by Gasteiger charge is 2.11. The van der Waals surface area contributed by atoms with E-state index in [1.807, 2.05) is 0 Å². The first-order valence-electron chi connectivity index (χ1n) is 8.05. The second-order valence-electron chi connectivity index (χ2n) is 5.75. The standard InChI is InChI=1S/C20H16F2N2O2/c21-15-5-1-13(2-6-15)11-12-23-19(25)17-9-10-18(24-20(17)26)14-3-7-16(22)8-4-14/h1-10H,11-12H2,(H,23,25)(H,24,26). The summed E-state index contributed by atoms with van der Waals surface area (Å²) in [4.78, 5) is 26.9. The zero-order chi connectivity index (χ0) is 18.5. The maximum absolute atomic E-state index is 13.0. The van der Waals surface area contributed by atoms with Gasteiger partial charge in [0.1, 0.15) is 17.2 Å². The zero-order valence-corrected chi connectivity index (χ0v) is 13.8. The van der Waals surface area contributed by atoms with Crippen molar-refractivity contribution in [1.29, 1.82) is 0 Å². The molecule has 3 rings (SSSR count). The summed E-state index contributed by atoms with van der Waals surface area (Å²) in [7, 11) is 0. The van der Waals surface area contributed by atoms with Crippen LogP contribution in [0.4, 0.5) is 8.78 Å². The maximum atomic E-state index is 13.0. The van der Waals surface area contributed by atoms with Crippen LogP contribution in [0.25, 0.3) is 11.3 Å². The Balaban J connectivity index is 1.65. The molecule has 0 unspecified atom stereocenters. The number of carbonyl (C=O) groups is 1. The number of benzene rings is 2. The summed E-state index contributed by atoms with van der Waals surface area (Å²) < 4.78 is 25.8. The second kappa shape index (κ2) is 7.74. The molecular weight excluding hydrogens is 338 g/mol. The molecule has 26 heavy (non-hydrogen) atoms. The van der Waals surface area contributed by atoms with Crippen molar-refractivity contribution in [3.63, 3.8) is 0 Å². The van der Waals surface area contributed by atoms with Gasteiger partial charge in [-0.15, -0.1) is 0 Å². The number of carbonyl (C=O) groups excluding carboxylic acids is 1. The van der Waals surface area contributed by atoms with Crippen LogP contribution in [-0.4, -0.2) is 17.4 Å². The highest BCUT2D eigenvalue weighted by molar-refractivity contribution is 5.94. The van der Waals surface area contributed by atoms with Gasteiger partial charge in [-0.25, -0.2) is 8.78 Å². The number of hydrogen-bond donors (Lipinski definition) is 2. The van der Waals surface area contributed by atoms with E-state index < -0.39 is 11.5 Å². The molecule has 132 valence electrons. The van der Waals surface area contributed by atoms with Gasteiger partial charge in [0.2, 0.25) is 0 Å². The minimum Gasteiger partial charge on any atom is -0.352 e. The smallest absolute Gasteiger partial charge is 0.261 e. The van der Waals surface area contributed by atoms with Crippen LogP contribution >= 0.6 is 0 Å². The number of aromatic amines is 1. The molecule has 2 N–H and O–H groups in total. The Labute approximate surface area is 148 Å². The topological polar surface area (TPSA) is 62.0 Å². The Morgan fingerprint density at radius 2 is 1.50 bits per heavy atom. The van der Waals surface area contributed by atoms with Gasteiger partial charge in [-0.05, 0) is 66.1 Å². The first-order chi connectivity index (χ1) is 12.5. The van der Waals surface area contributed by atoms with Gasteiger partial charge in [0, 0.05) is 12.2 Å². The number of halogens is 2. The van der Waals surface area contributed by atoms with Crippen LogP contribution in [0, 0.1) is 11.6 Å². The molecule has 1 amide bonds. The van der Waals surface area contributed by atoms with E-state index >= 15 is 0 Å². The summed E-state index contributed by atoms with van der Waals surface area (Å²) in [5.74, 6) is -1.17. The van der Waals surface area contributed by atoms with E-state index in [1.165, 1.54) is 30.3 Å². The summed E-state index contributed by atoms with van der Waals surface area (Å²) in [6, 6.07) is 14.7. The van der Waals surface area contributed by atoms with E-state index in [0.29, 0.717) is 24.2 Å². The number of hydrogen-bond acceptors (Lipinski definition) is 2. The van der Waals surface area contributed by atoms with Crippen molar-refractivity contribution in [3.8, 4) is 11.3 Å². The number of amides is 1. The van der Waals surface area contributed by atoms with Crippen LogP contribution in [-0.2, 0) is 6.42 Å². The minimum atomic E-state index is -0.522. The third-order valence-corrected chi connectivity index (χ3v) is 3.92. The van der Waals surface area contributed by atoms with Crippen LogP contribution < -0.4 is 10.9 Å². The summed E-state index contributed by atoms with van der Waals surface area (Å²) >= 11 is 0. The number of nitrogens with one attached hydrogen (secondary N) is 2. The SMILES string of the molecule is O=C(NCCc1ccc(F)cc1)c1ccc(-c2ccc(F)cc2)[nH]c1=O. The molecule has 0 saturated heterocycles. The van der Waals surface area contributed by atoms with Crippen molar-refractivity contribution >= 4 is 5.91 Å². The predicted molar refractivity (Wildman–Crippen MR) is 94.9 cm³/mol. The van der Waals surface area contributed by atoms with Gasteiger partial charge in [0.05, 0.1) is 0 Å². The number of rotatable bonds is 5. The summed E-state index contributed by atoms with van der Waals surface area (Å²) in [5.41, 5.74) is 1.50. The van der Waals surface area contributed by atoms with Crippen molar-refractivity contribution in [1.82, 2.24) is 10.3 Å². The fourth-order valence-electron chi connectivity index (χ4n) is 2.52. The highest BCUT2D eigenvalue weighted by Crippen LogP contribution is 2.16. The van der Waals surface area contributed by atoms with Gasteiger partial charge in [-0.2, -0.15) is 0 Å². The Morgan fingerprint density at radius 3 is 2.12 bits per heavy atom. The third kappa shape index (κ3) is 4.22. The molecule has 4 nitrogen and oxygen atoms in total. The normalized spacial score (nSPS) is 10.5. The van der Waals surface area contributed by atoms with E-state index in [9.17, 15) is 18.4 Å². The lowest BCUT2D eigenvalue weighted by atomic mass is 10.1. The fourth-order valence-corrected chi connectivity index (χ4v) is 2.52. The van der Waals surface area contributed by atoms with E-state index in [-0.39, 0.29) is 17.2 Å². The van der Waals surface area contributed by atoms with E-state index in [4.69, 9.17) is 0 Å². The maximum Gasteiger partial charge on any atom is 0.261 e. The molecule has 0 atom stereocenters. The second-order valence-corrected chi connectivity index (χ2v) is 5.75. The van der Waals surface area contributed by atoms with Gasteiger partial charge < -0.3 is 10.3 Å². The van der Waals surface area contributed by atoms with Crippen molar-refractivity contribution in [2.75, 3.05) is 6.54 Å². The van der Waals surface area contributed by atoms with Crippen LogP contribution in [0.3, 0.4) is 0 Å². The summed E-state index contributed by atoms with van der Waals surface area (Å²) in [6.07, 6.45) is 0.525. The summed E-state index contributed by atoms with van der Waals surface area (Å²) in [6.45, 7) is 0.323. The molecule has 6 heteroatoms. The number of H-pyrrole nitrogens is 1. The first-order valence-corrected chi connectivity index (χ1v) is 8.05.